The summed E-state index contributed by atoms with van der Waals surface area (Å²) in [5, 5.41) is 5.69. The number of imidazole rings is 1. The van der Waals surface area contributed by atoms with E-state index in [4.69, 9.17) is 10.7 Å². The van der Waals surface area contributed by atoms with Crippen LogP contribution >= 0.6 is 0 Å². The zero-order valence-corrected chi connectivity index (χ0v) is 14.9. The Balaban J connectivity index is 1.82. The molecule has 3 N–H and O–H groups in total. The highest BCUT2D eigenvalue weighted by atomic mass is 15.1. The molecule has 0 aliphatic carbocycles. The number of nitrogens with two attached hydrogens (primary N) is 1. The van der Waals surface area contributed by atoms with Crippen LogP contribution in [0.2, 0.25) is 0 Å². The molecule has 0 bridgehead atoms. The summed E-state index contributed by atoms with van der Waals surface area (Å²) in [7, 11) is 1.99. The van der Waals surface area contributed by atoms with Gasteiger partial charge in [0.25, 0.3) is 0 Å². The SMILES string of the molecule is Cc1nc(NCc2nccn2C)c2ccccc2c1-c1cccc(N)c1. The first kappa shape index (κ1) is 16.1. The first-order chi connectivity index (χ1) is 12.6. The van der Waals surface area contributed by atoms with Gasteiger partial charge in [-0.3, -0.25) is 0 Å². The second kappa shape index (κ2) is 6.52. The minimum Gasteiger partial charge on any atom is -0.399 e. The Morgan fingerprint density at radius 1 is 1.08 bits per heavy atom. The summed E-state index contributed by atoms with van der Waals surface area (Å²) in [5.41, 5.74) is 9.92. The van der Waals surface area contributed by atoms with Crippen molar-refractivity contribution in [1.82, 2.24) is 14.5 Å². The van der Waals surface area contributed by atoms with E-state index in [1.165, 1.54) is 0 Å². The zero-order chi connectivity index (χ0) is 18.1. The summed E-state index contributed by atoms with van der Waals surface area (Å²) in [5.74, 6) is 1.84. The van der Waals surface area contributed by atoms with Gasteiger partial charge in [0.15, 0.2) is 0 Å². The molecule has 5 nitrogen and oxygen atoms in total. The first-order valence-electron chi connectivity index (χ1n) is 8.59. The average Bonchev–Trinajstić information content (AvgIpc) is 3.04. The molecule has 0 aliphatic heterocycles. The molecule has 0 atom stereocenters. The number of nitrogens with one attached hydrogen (secondary N) is 1. The van der Waals surface area contributed by atoms with Crippen LogP contribution in [0.25, 0.3) is 21.9 Å². The van der Waals surface area contributed by atoms with Gasteiger partial charge in [-0.1, -0.05) is 36.4 Å². The molecule has 4 aromatic rings. The smallest absolute Gasteiger partial charge is 0.134 e. The van der Waals surface area contributed by atoms with Crippen LogP contribution in [-0.4, -0.2) is 14.5 Å². The van der Waals surface area contributed by atoms with Gasteiger partial charge in [0.1, 0.15) is 11.6 Å². The van der Waals surface area contributed by atoms with E-state index < -0.39 is 0 Å². The van der Waals surface area contributed by atoms with Crippen LogP contribution in [0.15, 0.2) is 60.9 Å². The lowest BCUT2D eigenvalue weighted by atomic mass is 9.97. The fourth-order valence-electron chi connectivity index (χ4n) is 3.31. The topological polar surface area (TPSA) is 68.8 Å². The second-order valence-corrected chi connectivity index (χ2v) is 6.40. The average molecular weight is 343 g/mol. The molecule has 0 fully saturated rings. The van der Waals surface area contributed by atoms with Gasteiger partial charge in [-0.2, -0.15) is 0 Å². The highest BCUT2D eigenvalue weighted by Crippen LogP contribution is 2.35. The Morgan fingerprint density at radius 3 is 2.62 bits per heavy atom. The quantitative estimate of drug-likeness (QED) is 0.547. The summed E-state index contributed by atoms with van der Waals surface area (Å²) < 4.78 is 2.00. The Bertz CT molecular complexity index is 1080. The van der Waals surface area contributed by atoms with E-state index in [9.17, 15) is 0 Å². The molecule has 4 rings (SSSR count). The van der Waals surface area contributed by atoms with E-state index in [1.807, 2.05) is 49.0 Å². The molecule has 0 saturated carbocycles. The van der Waals surface area contributed by atoms with Gasteiger partial charge in [-0.25, -0.2) is 9.97 Å². The number of aryl methyl sites for hydroxylation is 2. The predicted octanol–water partition coefficient (Wildman–Crippen LogP) is 4.14. The molecule has 2 heterocycles. The maximum atomic E-state index is 5.99. The molecule has 0 radical (unpaired) electrons. The van der Waals surface area contributed by atoms with Crippen molar-refractivity contribution in [3.8, 4) is 11.1 Å². The third-order valence-electron chi connectivity index (χ3n) is 4.60. The van der Waals surface area contributed by atoms with Crippen molar-refractivity contribution in [1.29, 1.82) is 0 Å². The normalized spacial score (nSPS) is 11.0. The summed E-state index contributed by atoms with van der Waals surface area (Å²) in [6, 6.07) is 16.3. The number of fused-ring (bicyclic) bond motifs is 1. The molecule has 2 aromatic heterocycles. The van der Waals surface area contributed by atoms with Gasteiger partial charge in [0, 0.05) is 41.8 Å². The predicted molar refractivity (Wildman–Crippen MR) is 107 cm³/mol. The van der Waals surface area contributed by atoms with E-state index in [1.54, 1.807) is 6.20 Å². The van der Waals surface area contributed by atoms with Crippen LogP contribution in [0.4, 0.5) is 11.5 Å². The van der Waals surface area contributed by atoms with Crippen LogP contribution in [0.1, 0.15) is 11.5 Å². The van der Waals surface area contributed by atoms with Gasteiger partial charge in [-0.05, 0) is 30.0 Å². The first-order valence-corrected chi connectivity index (χ1v) is 8.59. The van der Waals surface area contributed by atoms with Gasteiger partial charge in [0.05, 0.1) is 6.54 Å². The minimum atomic E-state index is 0.623. The lowest BCUT2D eigenvalue weighted by Gasteiger charge is -2.15. The van der Waals surface area contributed by atoms with E-state index in [-0.39, 0.29) is 0 Å². The highest BCUT2D eigenvalue weighted by Gasteiger charge is 2.13. The lowest BCUT2D eigenvalue weighted by molar-refractivity contribution is 0.811. The Kier molecular flexibility index (Phi) is 4.05. The summed E-state index contributed by atoms with van der Waals surface area (Å²) in [6.45, 7) is 2.66. The number of anilines is 2. The molecule has 0 spiro atoms. The molecule has 130 valence electrons. The van der Waals surface area contributed by atoms with Crippen molar-refractivity contribution >= 4 is 22.3 Å². The Hall–Kier alpha value is -3.34. The van der Waals surface area contributed by atoms with E-state index in [0.717, 1.165) is 44.9 Å². The fraction of sp³-hybridized carbons (Fsp3) is 0.143. The van der Waals surface area contributed by atoms with Gasteiger partial charge < -0.3 is 15.6 Å². The molecule has 26 heavy (non-hydrogen) atoms. The van der Waals surface area contributed by atoms with E-state index >= 15 is 0 Å². The van der Waals surface area contributed by atoms with Crippen LogP contribution < -0.4 is 11.1 Å². The van der Waals surface area contributed by atoms with Crippen molar-refractivity contribution in [3.05, 3.63) is 72.4 Å². The fourth-order valence-corrected chi connectivity index (χ4v) is 3.31. The number of hydrogen-bond acceptors (Lipinski definition) is 4. The molecular formula is C21H21N5. The van der Waals surface area contributed by atoms with E-state index in [0.29, 0.717) is 6.54 Å². The molecule has 0 saturated heterocycles. The number of nitrogen functional groups attached to an aromatic ring is 1. The summed E-state index contributed by atoms with van der Waals surface area (Å²) >= 11 is 0. The summed E-state index contributed by atoms with van der Waals surface area (Å²) in [4.78, 5) is 9.21. The highest BCUT2D eigenvalue weighted by molar-refractivity contribution is 6.03. The molecule has 0 unspecified atom stereocenters. The minimum absolute atomic E-state index is 0.623. The van der Waals surface area contributed by atoms with Crippen molar-refractivity contribution in [2.75, 3.05) is 11.1 Å². The molecule has 0 aliphatic rings. The third kappa shape index (κ3) is 2.88. The second-order valence-electron chi connectivity index (χ2n) is 6.40. The molecule has 0 amide bonds. The zero-order valence-electron chi connectivity index (χ0n) is 14.9. The van der Waals surface area contributed by atoms with Crippen molar-refractivity contribution in [3.63, 3.8) is 0 Å². The maximum Gasteiger partial charge on any atom is 0.134 e. The Labute approximate surface area is 152 Å². The molecular weight excluding hydrogens is 322 g/mol. The number of pyridine rings is 1. The number of rotatable bonds is 4. The number of nitrogens with zero attached hydrogens (tertiary/aromatic N) is 3. The van der Waals surface area contributed by atoms with Crippen LogP contribution in [0.3, 0.4) is 0 Å². The van der Waals surface area contributed by atoms with Crippen LogP contribution in [0, 0.1) is 6.92 Å². The third-order valence-corrected chi connectivity index (χ3v) is 4.60. The number of benzene rings is 2. The van der Waals surface area contributed by atoms with Gasteiger partial charge in [0.2, 0.25) is 0 Å². The van der Waals surface area contributed by atoms with Crippen molar-refractivity contribution < 1.29 is 0 Å². The Morgan fingerprint density at radius 2 is 1.88 bits per heavy atom. The number of aromatic nitrogens is 3. The van der Waals surface area contributed by atoms with Crippen molar-refractivity contribution in [2.45, 2.75) is 13.5 Å². The van der Waals surface area contributed by atoms with Crippen molar-refractivity contribution in [2.24, 2.45) is 7.05 Å². The van der Waals surface area contributed by atoms with Gasteiger partial charge in [-0.15, -0.1) is 0 Å². The lowest BCUT2D eigenvalue weighted by Crippen LogP contribution is -2.08. The standard InChI is InChI=1S/C21H21N5/c1-14-20(15-6-5-7-16(22)12-15)17-8-3-4-9-18(17)21(25-14)24-13-19-23-10-11-26(19)2/h3-12H,13,22H2,1-2H3,(H,24,25). The largest absolute Gasteiger partial charge is 0.399 e. The summed E-state index contributed by atoms with van der Waals surface area (Å²) in [6.07, 6.45) is 3.74. The van der Waals surface area contributed by atoms with Crippen LogP contribution in [-0.2, 0) is 13.6 Å². The molecule has 2 aromatic carbocycles. The monoisotopic (exact) mass is 343 g/mol. The maximum absolute atomic E-state index is 5.99. The van der Waals surface area contributed by atoms with E-state index in [2.05, 4.69) is 34.6 Å². The number of hydrogen-bond donors (Lipinski definition) is 2. The van der Waals surface area contributed by atoms with Crippen LogP contribution in [0.5, 0.6) is 0 Å². The molecule has 5 heteroatoms. The van der Waals surface area contributed by atoms with Gasteiger partial charge >= 0.3 is 0 Å².